The van der Waals surface area contributed by atoms with Crippen molar-refractivity contribution in [1.29, 1.82) is 0 Å². The highest BCUT2D eigenvalue weighted by Crippen LogP contribution is 2.33. The van der Waals surface area contributed by atoms with Crippen LogP contribution in [0, 0.1) is 13.8 Å². The monoisotopic (exact) mass is 520 g/mol. The first-order valence-electron chi connectivity index (χ1n) is 8.11. The zero-order valence-corrected chi connectivity index (χ0v) is 19.6. The van der Waals surface area contributed by atoms with Crippen LogP contribution in [0.5, 0.6) is 0 Å². The Labute approximate surface area is 181 Å². The molecule has 0 aliphatic heterocycles. The average Bonchev–Trinajstić information content (AvgIpc) is 2.59. The lowest BCUT2D eigenvalue weighted by Gasteiger charge is -2.18. The first kappa shape index (κ1) is 21.7. The van der Waals surface area contributed by atoms with Crippen molar-refractivity contribution in [2.45, 2.75) is 45.6 Å². The molecule has 0 aliphatic rings. The summed E-state index contributed by atoms with van der Waals surface area (Å²) in [6.07, 6.45) is 0.743. The van der Waals surface area contributed by atoms with Gasteiger partial charge in [-0.15, -0.1) is 23.2 Å². The first-order chi connectivity index (χ1) is 12.3. The Hall–Kier alpha value is -0.550. The highest BCUT2D eigenvalue weighted by Gasteiger charge is 2.16. The normalized spacial score (nSPS) is 10.9. The molecule has 26 heavy (non-hydrogen) atoms. The van der Waals surface area contributed by atoms with Crippen LogP contribution in [0.15, 0.2) is 27.1 Å². The fourth-order valence-corrected chi connectivity index (χ4v) is 4.81. The highest BCUT2D eigenvalue weighted by molar-refractivity contribution is 9.10. The van der Waals surface area contributed by atoms with Crippen LogP contribution in [0.1, 0.15) is 45.9 Å². The van der Waals surface area contributed by atoms with Crippen LogP contribution in [-0.4, -0.2) is 5.97 Å². The zero-order valence-electron chi connectivity index (χ0n) is 14.9. The van der Waals surface area contributed by atoms with Gasteiger partial charge < -0.3 is 4.74 Å². The van der Waals surface area contributed by atoms with Gasteiger partial charge in [0.15, 0.2) is 0 Å². The van der Waals surface area contributed by atoms with Crippen molar-refractivity contribution < 1.29 is 9.53 Å². The summed E-state index contributed by atoms with van der Waals surface area (Å²) in [5.41, 5.74) is 7.78. The van der Waals surface area contributed by atoms with Gasteiger partial charge in [0.05, 0.1) is 0 Å². The van der Waals surface area contributed by atoms with Crippen LogP contribution in [0.25, 0.3) is 0 Å². The Kier molecular flexibility index (Phi) is 8.02. The number of halogens is 4. The molecule has 0 spiro atoms. The maximum Gasteiger partial charge on any atom is 0.302 e. The molecule has 0 N–H and O–H groups in total. The number of carbonyl (C=O) groups is 1. The van der Waals surface area contributed by atoms with Crippen LogP contribution in [0.4, 0.5) is 0 Å². The average molecular weight is 523 g/mol. The van der Waals surface area contributed by atoms with Gasteiger partial charge in [0.25, 0.3) is 0 Å². The Morgan fingerprint density at radius 2 is 1.62 bits per heavy atom. The van der Waals surface area contributed by atoms with E-state index < -0.39 is 0 Å². The van der Waals surface area contributed by atoms with Crippen molar-refractivity contribution in [3.63, 3.8) is 0 Å². The van der Waals surface area contributed by atoms with Gasteiger partial charge in [0.1, 0.15) is 6.61 Å². The van der Waals surface area contributed by atoms with E-state index in [0.717, 1.165) is 43.2 Å². The minimum Gasteiger partial charge on any atom is -0.461 e. The fraction of sp³-hybridized carbons (Fsp3) is 0.350. The molecule has 0 fully saturated rings. The smallest absolute Gasteiger partial charge is 0.302 e. The fourth-order valence-electron chi connectivity index (χ4n) is 2.88. The van der Waals surface area contributed by atoms with E-state index in [9.17, 15) is 4.79 Å². The number of aryl methyl sites for hydroxylation is 1. The largest absolute Gasteiger partial charge is 0.461 e. The summed E-state index contributed by atoms with van der Waals surface area (Å²) >= 11 is 19.6. The summed E-state index contributed by atoms with van der Waals surface area (Å²) in [5.74, 6) is 0.608. The second-order valence-corrected chi connectivity index (χ2v) is 8.44. The number of alkyl halides is 2. The molecule has 0 heterocycles. The Balaban J connectivity index is 2.44. The van der Waals surface area contributed by atoms with Crippen LogP contribution in [0.2, 0.25) is 0 Å². The van der Waals surface area contributed by atoms with Crippen LogP contribution in [-0.2, 0) is 34.3 Å². The van der Waals surface area contributed by atoms with Crippen molar-refractivity contribution in [1.82, 2.24) is 0 Å². The predicted molar refractivity (Wildman–Crippen MR) is 115 cm³/mol. The maximum atomic E-state index is 11.1. The molecule has 0 atom stereocenters. The molecule has 0 radical (unpaired) electrons. The van der Waals surface area contributed by atoms with Gasteiger partial charge in [-0.3, -0.25) is 4.79 Å². The number of ether oxygens (including phenoxy) is 1. The second kappa shape index (κ2) is 9.59. The molecule has 0 saturated heterocycles. The standard InChI is InChI=1S/C20H20Br2Cl2O2/c1-11-4-14(19(21)7-16(11)10-26-13(3)25)5-17-12(2)15(8-23)6-20(22)18(17)9-24/h4,6-7H,5,8-10H2,1-3H3. The summed E-state index contributed by atoms with van der Waals surface area (Å²) < 4.78 is 7.10. The molecule has 6 heteroatoms. The molecule has 0 aliphatic carbocycles. The molecule has 0 amide bonds. The zero-order chi connectivity index (χ0) is 19.4. The minimum atomic E-state index is -0.283. The molecule has 2 rings (SSSR count). The number of hydrogen-bond acceptors (Lipinski definition) is 2. The quantitative estimate of drug-likeness (QED) is 0.303. The lowest BCUT2D eigenvalue weighted by molar-refractivity contribution is -0.142. The van der Waals surface area contributed by atoms with E-state index in [1.54, 1.807) is 0 Å². The molecular formula is C20H20Br2Cl2O2. The summed E-state index contributed by atoms with van der Waals surface area (Å²) in [7, 11) is 0. The van der Waals surface area contributed by atoms with E-state index in [-0.39, 0.29) is 12.6 Å². The van der Waals surface area contributed by atoms with Gasteiger partial charge >= 0.3 is 5.97 Å². The summed E-state index contributed by atoms with van der Waals surface area (Å²) in [6, 6.07) is 6.19. The van der Waals surface area contributed by atoms with E-state index in [0.29, 0.717) is 11.8 Å². The number of rotatable bonds is 6. The molecule has 2 aromatic rings. The molecule has 2 nitrogen and oxygen atoms in total. The van der Waals surface area contributed by atoms with Gasteiger partial charge in [0.2, 0.25) is 0 Å². The van der Waals surface area contributed by atoms with Gasteiger partial charge in [-0.2, -0.15) is 0 Å². The van der Waals surface area contributed by atoms with Gasteiger partial charge in [0, 0.05) is 27.6 Å². The Morgan fingerprint density at radius 3 is 2.19 bits per heavy atom. The van der Waals surface area contributed by atoms with E-state index >= 15 is 0 Å². The summed E-state index contributed by atoms with van der Waals surface area (Å²) in [4.78, 5) is 11.1. The van der Waals surface area contributed by atoms with Crippen LogP contribution in [0.3, 0.4) is 0 Å². The van der Waals surface area contributed by atoms with Gasteiger partial charge in [-0.1, -0.05) is 37.9 Å². The molecule has 0 aromatic heterocycles. The summed E-state index contributed by atoms with van der Waals surface area (Å²) in [5, 5.41) is 0. The topological polar surface area (TPSA) is 26.3 Å². The third-order valence-corrected chi connectivity index (χ3v) is 6.47. The van der Waals surface area contributed by atoms with E-state index in [1.807, 2.05) is 19.1 Å². The third-order valence-electron chi connectivity index (χ3n) is 4.47. The predicted octanol–water partition coefficient (Wildman–Crippen LogP) is 6.96. The van der Waals surface area contributed by atoms with Crippen LogP contribution < -0.4 is 0 Å². The molecule has 2 aromatic carbocycles. The molecule has 140 valence electrons. The van der Waals surface area contributed by atoms with Crippen molar-refractivity contribution in [3.05, 3.63) is 66.1 Å². The number of carbonyl (C=O) groups excluding carboxylic acids is 1. The molecule has 0 bridgehead atoms. The van der Waals surface area contributed by atoms with Gasteiger partial charge in [-0.05, 0) is 71.3 Å². The maximum absolute atomic E-state index is 11.1. The van der Waals surface area contributed by atoms with Crippen molar-refractivity contribution in [2.75, 3.05) is 0 Å². The van der Waals surface area contributed by atoms with Crippen molar-refractivity contribution in [3.8, 4) is 0 Å². The lowest BCUT2D eigenvalue weighted by atomic mass is 9.92. The number of benzene rings is 2. The van der Waals surface area contributed by atoms with Gasteiger partial charge in [-0.25, -0.2) is 0 Å². The highest BCUT2D eigenvalue weighted by atomic mass is 79.9. The number of esters is 1. The molecular weight excluding hydrogens is 503 g/mol. The molecule has 0 unspecified atom stereocenters. The van der Waals surface area contributed by atoms with Crippen molar-refractivity contribution in [2.24, 2.45) is 0 Å². The lowest BCUT2D eigenvalue weighted by Crippen LogP contribution is -2.05. The van der Waals surface area contributed by atoms with E-state index in [4.69, 9.17) is 27.9 Å². The first-order valence-corrected chi connectivity index (χ1v) is 10.8. The Bertz CT molecular complexity index is 835. The van der Waals surface area contributed by atoms with E-state index in [1.165, 1.54) is 18.1 Å². The van der Waals surface area contributed by atoms with Crippen LogP contribution >= 0.6 is 55.1 Å². The summed E-state index contributed by atoms with van der Waals surface area (Å²) in [6.45, 7) is 5.80. The SMILES string of the molecule is CC(=O)OCc1cc(Br)c(Cc2c(C)c(CCl)cc(Br)c2CCl)cc1C. The minimum absolute atomic E-state index is 0.277. The number of hydrogen-bond donors (Lipinski definition) is 0. The second-order valence-electron chi connectivity index (χ2n) is 6.19. The van der Waals surface area contributed by atoms with Crippen molar-refractivity contribution >= 4 is 61.0 Å². The van der Waals surface area contributed by atoms with E-state index in [2.05, 4.69) is 44.8 Å². The third kappa shape index (κ3) is 5.03. The Morgan fingerprint density at radius 1 is 0.962 bits per heavy atom. The molecule has 0 saturated carbocycles.